The Bertz CT molecular complexity index is 760. The molecule has 1 atom stereocenters. The number of benzene rings is 1. The topological polar surface area (TPSA) is 79.0 Å². The standard InChI is InChI=1S/C20H28N4O2.ClH/c1-4-26-18-8-6-5-7-14(18)17(11-13(2)3)22-20(25)19-15-12-21-10-9-16(15)23-24-19;/h5-8,13,17,21H,4,9-12H2,1-3H3,(H,22,25)(H,23,24);1H. The van der Waals surface area contributed by atoms with Crippen LogP contribution in [0.25, 0.3) is 0 Å². The number of carbonyl (C=O) groups is 1. The molecule has 2 aromatic rings. The van der Waals surface area contributed by atoms with Crippen molar-refractivity contribution < 1.29 is 9.53 Å². The zero-order valence-electron chi connectivity index (χ0n) is 16.2. The molecule has 0 fully saturated rings. The highest BCUT2D eigenvalue weighted by atomic mass is 35.5. The Morgan fingerprint density at radius 3 is 2.85 bits per heavy atom. The second-order valence-electron chi connectivity index (χ2n) is 7.08. The van der Waals surface area contributed by atoms with Crippen LogP contribution in [0.3, 0.4) is 0 Å². The van der Waals surface area contributed by atoms with Gasteiger partial charge in [-0.2, -0.15) is 5.10 Å². The molecule has 27 heavy (non-hydrogen) atoms. The van der Waals surface area contributed by atoms with E-state index in [-0.39, 0.29) is 24.4 Å². The molecule has 0 aliphatic carbocycles. The SMILES string of the molecule is CCOc1ccccc1C(CC(C)C)NC(=O)c1n[nH]c2c1CNCC2.Cl. The Morgan fingerprint density at radius 2 is 2.11 bits per heavy atom. The number of ether oxygens (including phenoxy) is 1. The average Bonchev–Trinajstić information content (AvgIpc) is 3.06. The summed E-state index contributed by atoms with van der Waals surface area (Å²) in [6, 6.07) is 7.81. The van der Waals surface area contributed by atoms with Crippen molar-refractivity contribution in [2.75, 3.05) is 13.2 Å². The van der Waals surface area contributed by atoms with Crippen LogP contribution in [0.5, 0.6) is 5.75 Å². The highest BCUT2D eigenvalue weighted by Gasteiger charge is 2.25. The second kappa shape index (κ2) is 9.76. The molecule has 1 aliphatic heterocycles. The number of para-hydroxylation sites is 1. The molecule has 7 heteroatoms. The fourth-order valence-corrected chi connectivity index (χ4v) is 3.43. The van der Waals surface area contributed by atoms with E-state index in [1.807, 2.05) is 31.2 Å². The number of H-pyrrole nitrogens is 1. The van der Waals surface area contributed by atoms with Gasteiger partial charge >= 0.3 is 0 Å². The summed E-state index contributed by atoms with van der Waals surface area (Å²) >= 11 is 0. The van der Waals surface area contributed by atoms with Crippen LogP contribution in [0.4, 0.5) is 0 Å². The van der Waals surface area contributed by atoms with Crippen LogP contribution < -0.4 is 15.4 Å². The number of aromatic amines is 1. The number of rotatable bonds is 7. The van der Waals surface area contributed by atoms with Crippen molar-refractivity contribution in [3.63, 3.8) is 0 Å². The summed E-state index contributed by atoms with van der Waals surface area (Å²) in [5.74, 6) is 1.12. The molecule has 2 heterocycles. The van der Waals surface area contributed by atoms with Gasteiger partial charge in [0.25, 0.3) is 5.91 Å². The first-order valence-electron chi connectivity index (χ1n) is 9.39. The zero-order valence-corrected chi connectivity index (χ0v) is 17.0. The minimum Gasteiger partial charge on any atom is -0.494 e. The molecule has 1 unspecified atom stereocenters. The third-order valence-electron chi connectivity index (χ3n) is 4.63. The Kier molecular flexibility index (Phi) is 7.68. The largest absolute Gasteiger partial charge is 0.494 e. The summed E-state index contributed by atoms with van der Waals surface area (Å²) in [7, 11) is 0. The molecule has 1 amide bonds. The monoisotopic (exact) mass is 392 g/mol. The number of halogens is 1. The molecule has 0 saturated carbocycles. The molecule has 6 nitrogen and oxygen atoms in total. The van der Waals surface area contributed by atoms with Crippen LogP contribution in [-0.2, 0) is 13.0 Å². The normalized spacial score (nSPS) is 14.2. The first-order valence-corrected chi connectivity index (χ1v) is 9.39. The molecule has 3 rings (SSSR count). The summed E-state index contributed by atoms with van der Waals surface area (Å²) in [4.78, 5) is 12.9. The molecule has 0 saturated heterocycles. The average molecular weight is 393 g/mol. The van der Waals surface area contributed by atoms with E-state index in [9.17, 15) is 4.79 Å². The molecular weight excluding hydrogens is 364 g/mol. The van der Waals surface area contributed by atoms with Gasteiger partial charge in [-0.3, -0.25) is 9.89 Å². The summed E-state index contributed by atoms with van der Waals surface area (Å²) in [5.41, 5.74) is 3.55. The van der Waals surface area contributed by atoms with E-state index in [1.54, 1.807) is 0 Å². The highest BCUT2D eigenvalue weighted by molar-refractivity contribution is 5.94. The molecular formula is C20H29ClN4O2. The number of hydrogen-bond donors (Lipinski definition) is 3. The molecule has 1 aliphatic rings. The Hall–Kier alpha value is -2.05. The maximum Gasteiger partial charge on any atom is 0.272 e. The van der Waals surface area contributed by atoms with Crippen molar-refractivity contribution >= 4 is 18.3 Å². The third-order valence-corrected chi connectivity index (χ3v) is 4.63. The van der Waals surface area contributed by atoms with Gasteiger partial charge in [-0.1, -0.05) is 32.0 Å². The molecule has 3 N–H and O–H groups in total. The van der Waals surface area contributed by atoms with Gasteiger partial charge < -0.3 is 15.4 Å². The van der Waals surface area contributed by atoms with E-state index in [2.05, 4.69) is 34.7 Å². The Morgan fingerprint density at radius 1 is 1.33 bits per heavy atom. The van der Waals surface area contributed by atoms with Crippen molar-refractivity contribution in [3.8, 4) is 5.75 Å². The van der Waals surface area contributed by atoms with Crippen molar-refractivity contribution in [1.82, 2.24) is 20.8 Å². The summed E-state index contributed by atoms with van der Waals surface area (Å²) in [5, 5.41) is 13.8. The molecule has 1 aromatic heterocycles. The van der Waals surface area contributed by atoms with E-state index < -0.39 is 0 Å². The number of hydrogen-bond acceptors (Lipinski definition) is 4. The van der Waals surface area contributed by atoms with Crippen molar-refractivity contribution in [2.24, 2.45) is 5.92 Å². The first-order chi connectivity index (χ1) is 12.6. The van der Waals surface area contributed by atoms with E-state index in [0.717, 1.165) is 42.0 Å². The number of nitrogens with zero attached hydrogens (tertiary/aromatic N) is 1. The van der Waals surface area contributed by atoms with Crippen molar-refractivity contribution in [1.29, 1.82) is 0 Å². The van der Waals surface area contributed by atoms with Gasteiger partial charge in [0, 0.05) is 36.3 Å². The fourth-order valence-electron chi connectivity index (χ4n) is 3.43. The maximum atomic E-state index is 12.9. The molecule has 0 spiro atoms. The second-order valence-corrected chi connectivity index (χ2v) is 7.08. The fraction of sp³-hybridized carbons (Fsp3) is 0.500. The van der Waals surface area contributed by atoms with Crippen LogP contribution in [0, 0.1) is 5.92 Å². The van der Waals surface area contributed by atoms with Gasteiger partial charge in [-0.15, -0.1) is 12.4 Å². The number of fused-ring (bicyclic) bond motifs is 1. The van der Waals surface area contributed by atoms with E-state index in [4.69, 9.17) is 4.74 Å². The van der Waals surface area contributed by atoms with Gasteiger partial charge in [-0.25, -0.2) is 0 Å². The van der Waals surface area contributed by atoms with Gasteiger partial charge in [0.1, 0.15) is 5.75 Å². The molecule has 0 radical (unpaired) electrons. The Balaban J connectivity index is 0.00000261. The number of nitrogens with one attached hydrogen (secondary N) is 3. The van der Waals surface area contributed by atoms with Crippen molar-refractivity contribution in [3.05, 3.63) is 46.8 Å². The first kappa shape index (κ1) is 21.3. The van der Waals surface area contributed by atoms with Gasteiger partial charge in [0.2, 0.25) is 0 Å². The van der Waals surface area contributed by atoms with Crippen LogP contribution in [0.1, 0.15) is 60.5 Å². The van der Waals surface area contributed by atoms with Crippen LogP contribution in [0.15, 0.2) is 24.3 Å². The van der Waals surface area contributed by atoms with Gasteiger partial charge in [0.15, 0.2) is 5.69 Å². The molecule has 1 aromatic carbocycles. The summed E-state index contributed by atoms with van der Waals surface area (Å²) in [6.45, 7) is 8.46. The van der Waals surface area contributed by atoms with Crippen LogP contribution >= 0.6 is 12.4 Å². The maximum absolute atomic E-state index is 12.9. The number of amides is 1. The predicted molar refractivity (Wildman–Crippen MR) is 109 cm³/mol. The van der Waals surface area contributed by atoms with Gasteiger partial charge in [0.05, 0.1) is 12.6 Å². The Labute approximate surface area is 166 Å². The van der Waals surface area contributed by atoms with Crippen molar-refractivity contribution in [2.45, 2.75) is 46.2 Å². The van der Waals surface area contributed by atoms with Crippen LogP contribution in [0.2, 0.25) is 0 Å². The third kappa shape index (κ3) is 5.02. The van der Waals surface area contributed by atoms with E-state index in [1.165, 1.54) is 0 Å². The summed E-state index contributed by atoms with van der Waals surface area (Å²) < 4.78 is 5.78. The van der Waals surface area contributed by atoms with E-state index in [0.29, 0.717) is 24.8 Å². The minimum absolute atomic E-state index is 0. The zero-order chi connectivity index (χ0) is 18.5. The molecule has 148 valence electrons. The number of carbonyl (C=O) groups excluding carboxylic acids is 1. The lowest BCUT2D eigenvalue weighted by Crippen LogP contribution is -2.32. The molecule has 0 bridgehead atoms. The van der Waals surface area contributed by atoms with Crippen LogP contribution in [-0.4, -0.2) is 29.3 Å². The quantitative estimate of drug-likeness (QED) is 0.674. The smallest absolute Gasteiger partial charge is 0.272 e. The highest BCUT2D eigenvalue weighted by Crippen LogP contribution is 2.30. The van der Waals surface area contributed by atoms with Gasteiger partial charge in [-0.05, 0) is 25.3 Å². The minimum atomic E-state index is -0.136. The lowest BCUT2D eigenvalue weighted by Gasteiger charge is -2.23. The lowest BCUT2D eigenvalue weighted by molar-refractivity contribution is 0.0925. The number of aromatic nitrogens is 2. The predicted octanol–water partition coefficient (Wildman–Crippen LogP) is 3.39. The van der Waals surface area contributed by atoms with E-state index >= 15 is 0 Å². The summed E-state index contributed by atoms with van der Waals surface area (Å²) in [6.07, 6.45) is 1.71. The lowest BCUT2D eigenvalue weighted by atomic mass is 9.95.